The fraction of sp³-hybridized carbons (Fsp3) is 0.400. The van der Waals surface area contributed by atoms with Gasteiger partial charge in [0.25, 0.3) is 0 Å². The molecule has 0 aliphatic carbocycles. The van der Waals surface area contributed by atoms with Crippen LogP contribution in [0.3, 0.4) is 0 Å². The maximum Gasteiger partial charge on any atom is 0.123 e. The largest absolute Gasteiger partial charge is 0.317 e. The zero-order valence-corrected chi connectivity index (χ0v) is 11.5. The third-order valence-corrected chi connectivity index (χ3v) is 4.45. The van der Waals surface area contributed by atoms with Gasteiger partial charge in [0, 0.05) is 16.9 Å². The van der Waals surface area contributed by atoms with Gasteiger partial charge in [-0.3, -0.25) is 0 Å². The Bertz CT molecular complexity index is 527. The molecule has 18 heavy (non-hydrogen) atoms. The van der Waals surface area contributed by atoms with Crippen LogP contribution in [0, 0.1) is 6.92 Å². The molecule has 1 aliphatic rings. The van der Waals surface area contributed by atoms with E-state index in [9.17, 15) is 0 Å². The van der Waals surface area contributed by atoms with Crippen molar-refractivity contribution < 1.29 is 0 Å². The number of aryl methyl sites for hydroxylation is 1. The monoisotopic (exact) mass is 258 g/mol. The summed E-state index contributed by atoms with van der Waals surface area (Å²) >= 11 is 1.77. The fourth-order valence-electron chi connectivity index (χ4n) is 2.50. The lowest BCUT2D eigenvalue weighted by atomic mass is 9.95. The van der Waals surface area contributed by atoms with Gasteiger partial charge >= 0.3 is 0 Å². The number of benzene rings is 1. The molecular weight excluding hydrogens is 240 g/mol. The Labute approximate surface area is 112 Å². The van der Waals surface area contributed by atoms with Crippen LogP contribution in [0.5, 0.6) is 0 Å². The quantitative estimate of drug-likeness (QED) is 0.890. The standard InChI is InChI=1S/C15H18N2S/c1-11-3-2-4-13(9-11)15-17-14(10-18-15)12-5-7-16-8-6-12/h2-4,9-10,12,16H,5-8H2,1H3. The summed E-state index contributed by atoms with van der Waals surface area (Å²) in [6.45, 7) is 4.38. The molecule has 0 spiro atoms. The van der Waals surface area contributed by atoms with Gasteiger partial charge < -0.3 is 5.32 Å². The molecule has 0 radical (unpaired) electrons. The first-order valence-electron chi connectivity index (χ1n) is 6.56. The molecule has 2 heterocycles. The molecule has 1 fully saturated rings. The lowest BCUT2D eigenvalue weighted by Gasteiger charge is -2.20. The van der Waals surface area contributed by atoms with Crippen molar-refractivity contribution in [2.75, 3.05) is 13.1 Å². The first-order chi connectivity index (χ1) is 8.83. The van der Waals surface area contributed by atoms with Gasteiger partial charge in [-0.1, -0.05) is 23.8 Å². The predicted octanol–water partition coefficient (Wildman–Crippen LogP) is 3.59. The number of hydrogen-bond acceptors (Lipinski definition) is 3. The Kier molecular flexibility index (Phi) is 3.43. The van der Waals surface area contributed by atoms with Gasteiger partial charge in [-0.15, -0.1) is 11.3 Å². The number of nitrogens with zero attached hydrogens (tertiary/aromatic N) is 1. The van der Waals surface area contributed by atoms with Crippen LogP contribution < -0.4 is 5.32 Å². The van der Waals surface area contributed by atoms with E-state index in [1.54, 1.807) is 11.3 Å². The Morgan fingerprint density at radius 1 is 1.28 bits per heavy atom. The van der Waals surface area contributed by atoms with E-state index in [1.807, 2.05) is 0 Å². The summed E-state index contributed by atoms with van der Waals surface area (Å²) in [5.74, 6) is 0.654. The maximum absolute atomic E-state index is 4.84. The van der Waals surface area contributed by atoms with E-state index in [0.717, 1.165) is 18.1 Å². The zero-order chi connectivity index (χ0) is 12.4. The molecule has 0 amide bonds. The lowest BCUT2D eigenvalue weighted by molar-refractivity contribution is 0.455. The molecule has 1 aromatic heterocycles. The average molecular weight is 258 g/mol. The molecule has 0 atom stereocenters. The third-order valence-electron chi connectivity index (χ3n) is 3.54. The van der Waals surface area contributed by atoms with Crippen molar-refractivity contribution in [3.05, 3.63) is 40.9 Å². The Balaban J connectivity index is 1.84. The molecule has 1 N–H and O–H groups in total. The first-order valence-corrected chi connectivity index (χ1v) is 7.44. The fourth-order valence-corrected chi connectivity index (χ4v) is 3.40. The van der Waals surface area contributed by atoms with Crippen molar-refractivity contribution in [1.82, 2.24) is 10.3 Å². The highest BCUT2D eigenvalue weighted by molar-refractivity contribution is 7.13. The summed E-state index contributed by atoms with van der Waals surface area (Å²) in [5, 5.41) is 6.81. The van der Waals surface area contributed by atoms with Crippen molar-refractivity contribution in [2.45, 2.75) is 25.7 Å². The molecule has 2 nitrogen and oxygen atoms in total. The van der Waals surface area contributed by atoms with Crippen LogP contribution in [0.1, 0.15) is 30.0 Å². The molecule has 0 saturated carbocycles. The Morgan fingerprint density at radius 3 is 2.89 bits per heavy atom. The number of piperidine rings is 1. The summed E-state index contributed by atoms with van der Waals surface area (Å²) in [5.41, 5.74) is 3.84. The topological polar surface area (TPSA) is 24.9 Å². The molecular formula is C15H18N2S. The van der Waals surface area contributed by atoms with Crippen LogP contribution in [-0.2, 0) is 0 Å². The number of nitrogens with one attached hydrogen (secondary N) is 1. The van der Waals surface area contributed by atoms with Crippen LogP contribution in [0.4, 0.5) is 0 Å². The van der Waals surface area contributed by atoms with Crippen molar-refractivity contribution in [3.63, 3.8) is 0 Å². The minimum Gasteiger partial charge on any atom is -0.317 e. The summed E-state index contributed by atoms with van der Waals surface area (Å²) in [6, 6.07) is 8.60. The number of hydrogen-bond donors (Lipinski definition) is 1. The van der Waals surface area contributed by atoms with Crippen LogP contribution in [0.2, 0.25) is 0 Å². The van der Waals surface area contributed by atoms with Crippen molar-refractivity contribution in [1.29, 1.82) is 0 Å². The lowest BCUT2D eigenvalue weighted by Crippen LogP contribution is -2.26. The molecule has 1 aliphatic heterocycles. The Hall–Kier alpha value is -1.19. The molecule has 0 unspecified atom stereocenters. The molecule has 0 bridgehead atoms. The van der Waals surface area contributed by atoms with Crippen LogP contribution in [0.15, 0.2) is 29.6 Å². The van der Waals surface area contributed by atoms with E-state index >= 15 is 0 Å². The maximum atomic E-state index is 4.84. The average Bonchev–Trinajstić information content (AvgIpc) is 2.89. The smallest absolute Gasteiger partial charge is 0.123 e. The molecule has 3 heteroatoms. The second kappa shape index (κ2) is 5.21. The predicted molar refractivity (Wildman–Crippen MR) is 77.1 cm³/mol. The highest BCUT2D eigenvalue weighted by atomic mass is 32.1. The summed E-state index contributed by atoms with van der Waals surface area (Å²) < 4.78 is 0. The first kappa shape index (κ1) is 11.9. The Morgan fingerprint density at radius 2 is 2.11 bits per heavy atom. The summed E-state index contributed by atoms with van der Waals surface area (Å²) in [7, 11) is 0. The van der Waals surface area contributed by atoms with Gasteiger partial charge in [0.1, 0.15) is 5.01 Å². The second-order valence-electron chi connectivity index (χ2n) is 4.97. The molecule has 3 rings (SSSR count). The SMILES string of the molecule is Cc1cccc(-c2nc(C3CCNCC3)cs2)c1. The van der Waals surface area contributed by atoms with Crippen LogP contribution >= 0.6 is 11.3 Å². The van der Waals surface area contributed by atoms with Gasteiger partial charge in [-0.05, 0) is 38.9 Å². The third kappa shape index (κ3) is 2.47. The minimum atomic E-state index is 0.654. The van der Waals surface area contributed by atoms with Gasteiger partial charge in [-0.25, -0.2) is 4.98 Å². The molecule has 1 aromatic carbocycles. The van der Waals surface area contributed by atoms with E-state index in [2.05, 4.69) is 41.9 Å². The second-order valence-corrected chi connectivity index (χ2v) is 5.83. The number of aromatic nitrogens is 1. The van der Waals surface area contributed by atoms with Gasteiger partial charge in [0.05, 0.1) is 5.69 Å². The van der Waals surface area contributed by atoms with Crippen LogP contribution in [0.25, 0.3) is 10.6 Å². The van der Waals surface area contributed by atoms with E-state index in [1.165, 1.54) is 29.7 Å². The van der Waals surface area contributed by atoms with Crippen molar-refractivity contribution >= 4 is 11.3 Å². The van der Waals surface area contributed by atoms with Gasteiger partial charge in [0.2, 0.25) is 0 Å². The van der Waals surface area contributed by atoms with Gasteiger partial charge in [0.15, 0.2) is 0 Å². The van der Waals surface area contributed by atoms with Crippen molar-refractivity contribution in [3.8, 4) is 10.6 Å². The highest BCUT2D eigenvalue weighted by Gasteiger charge is 2.18. The van der Waals surface area contributed by atoms with E-state index < -0.39 is 0 Å². The van der Waals surface area contributed by atoms with Gasteiger partial charge in [-0.2, -0.15) is 0 Å². The van der Waals surface area contributed by atoms with Crippen LogP contribution in [-0.4, -0.2) is 18.1 Å². The van der Waals surface area contributed by atoms with Crippen molar-refractivity contribution in [2.24, 2.45) is 0 Å². The molecule has 94 valence electrons. The van der Waals surface area contributed by atoms with E-state index in [-0.39, 0.29) is 0 Å². The van der Waals surface area contributed by atoms with E-state index in [0.29, 0.717) is 5.92 Å². The zero-order valence-electron chi connectivity index (χ0n) is 10.6. The number of rotatable bonds is 2. The molecule has 1 saturated heterocycles. The summed E-state index contributed by atoms with van der Waals surface area (Å²) in [4.78, 5) is 4.84. The minimum absolute atomic E-state index is 0.654. The normalized spacial score (nSPS) is 16.9. The summed E-state index contributed by atoms with van der Waals surface area (Å²) in [6.07, 6.45) is 2.44. The van der Waals surface area contributed by atoms with E-state index in [4.69, 9.17) is 4.98 Å². The number of thiazole rings is 1. The molecule has 2 aromatic rings. The highest BCUT2D eigenvalue weighted by Crippen LogP contribution is 2.31.